The third kappa shape index (κ3) is 4.89. The second-order valence-electron chi connectivity index (χ2n) is 7.50. The summed E-state index contributed by atoms with van der Waals surface area (Å²) < 4.78 is 1.98. The van der Waals surface area contributed by atoms with E-state index in [0.717, 1.165) is 11.3 Å². The fraction of sp³-hybridized carbons (Fsp3) is 0.261. The first-order valence-electron chi connectivity index (χ1n) is 9.99. The van der Waals surface area contributed by atoms with Gasteiger partial charge in [0.05, 0.1) is 6.33 Å². The summed E-state index contributed by atoms with van der Waals surface area (Å²) in [6.07, 6.45) is 6.73. The van der Waals surface area contributed by atoms with Gasteiger partial charge < -0.3 is 14.8 Å². The zero-order valence-corrected chi connectivity index (χ0v) is 17.3. The number of piperidine rings is 1. The Morgan fingerprint density at radius 2 is 1.87 bits per heavy atom. The molecule has 1 aromatic heterocycles. The lowest BCUT2D eigenvalue weighted by molar-refractivity contribution is -0.121. The molecule has 0 atom stereocenters. The second-order valence-corrected chi connectivity index (χ2v) is 7.93. The summed E-state index contributed by atoms with van der Waals surface area (Å²) in [5, 5.41) is 3.64. The Morgan fingerprint density at radius 3 is 2.57 bits per heavy atom. The summed E-state index contributed by atoms with van der Waals surface area (Å²) in [5.41, 5.74) is 2.50. The van der Waals surface area contributed by atoms with Crippen molar-refractivity contribution in [1.29, 1.82) is 0 Å². The molecule has 154 valence electrons. The van der Waals surface area contributed by atoms with Gasteiger partial charge in [-0.3, -0.25) is 9.59 Å². The lowest BCUT2D eigenvalue weighted by atomic mass is 9.95. The number of carbonyl (C=O) groups is 2. The van der Waals surface area contributed by atoms with Crippen LogP contribution in [0.5, 0.6) is 0 Å². The van der Waals surface area contributed by atoms with Gasteiger partial charge in [0.15, 0.2) is 0 Å². The summed E-state index contributed by atoms with van der Waals surface area (Å²) in [6.45, 7) is 1.84. The average molecular weight is 423 g/mol. The molecule has 0 spiro atoms. The monoisotopic (exact) mass is 422 g/mol. The third-order valence-corrected chi connectivity index (χ3v) is 5.61. The number of halogens is 1. The van der Waals surface area contributed by atoms with Gasteiger partial charge in [-0.25, -0.2) is 4.98 Å². The number of nitrogens with zero attached hydrogens (tertiary/aromatic N) is 3. The lowest BCUT2D eigenvalue weighted by Gasteiger charge is -2.31. The first-order chi connectivity index (χ1) is 14.6. The molecule has 2 heterocycles. The maximum Gasteiger partial charge on any atom is 0.253 e. The Balaban J connectivity index is 1.31. The smallest absolute Gasteiger partial charge is 0.253 e. The van der Waals surface area contributed by atoms with Gasteiger partial charge in [0, 0.05) is 54.2 Å². The second kappa shape index (κ2) is 9.13. The predicted molar refractivity (Wildman–Crippen MR) is 116 cm³/mol. The van der Waals surface area contributed by atoms with E-state index in [-0.39, 0.29) is 17.7 Å². The van der Waals surface area contributed by atoms with E-state index in [2.05, 4.69) is 10.3 Å². The van der Waals surface area contributed by atoms with E-state index >= 15 is 0 Å². The van der Waals surface area contributed by atoms with Crippen molar-refractivity contribution < 1.29 is 9.59 Å². The number of hydrogen-bond donors (Lipinski definition) is 1. The minimum Gasteiger partial charge on any atom is -0.339 e. The summed E-state index contributed by atoms with van der Waals surface area (Å²) in [7, 11) is 0. The van der Waals surface area contributed by atoms with Crippen LogP contribution >= 0.6 is 11.6 Å². The molecule has 1 N–H and O–H groups in total. The van der Waals surface area contributed by atoms with Crippen LogP contribution in [-0.2, 0) is 11.3 Å². The number of benzene rings is 2. The van der Waals surface area contributed by atoms with Crippen LogP contribution in [0, 0.1) is 5.92 Å². The maximum absolute atomic E-state index is 12.7. The number of anilines is 1. The van der Waals surface area contributed by atoms with Gasteiger partial charge in [0.2, 0.25) is 5.91 Å². The molecular formula is C23H23ClN4O2. The highest BCUT2D eigenvalue weighted by Crippen LogP contribution is 2.22. The van der Waals surface area contributed by atoms with E-state index in [1.54, 1.807) is 41.7 Å². The minimum atomic E-state index is -0.100. The van der Waals surface area contributed by atoms with Gasteiger partial charge in [-0.2, -0.15) is 0 Å². The molecule has 7 heteroatoms. The first-order valence-corrected chi connectivity index (χ1v) is 10.4. The van der Waals surface area contributed by atoms with Crippen LogP contribution in [0.1, 0.15) is 28.8 Å². The molecule has 6 nitrogen and oxygen atoms in total. The SMILES string of the molecule is O=C(Nc1cccc(Cn2ccnc2)c1)C1CCN(C(=O)c2ccc(Cl)cc2)CC1. The Bertz CT molecular complexity index is 1010. The maximum atomic E-state index is 12.7. The molecule has 30 heavy (non-hydrogen) atoms. The van der Waals surface area contributed by atoms with Gasteiger partial charge in [0.1, 0.15) is 0 Å². The van der Waals surface area contributed by atoms with Crippen molar-refractivity contribution in [3.63, 3.8) is 0 Å². The molecular weight excluding hydrogens is 400 g/mol. The molecule has 4 rings (SSSR count). The van der Waals surface area contributed by atoms with E-state index < -0.39 is 0 Å². The third-order valence-electron chi connectivity index (χ3n) is 5.36. The van der Waals surface area contributed by atoms with Crippen LogP contribution in [0.2, 0.25) is 5.02 Å². The molecule has 1 aliphatic rings. The highest BCUT2D eigenvalue weighted by atomic mass is 35.5. The Morgan fingerprint density at radius 1 is 1.10 bits per heavy atom. The van der Waals surface area contributed by atoms with Gasteiger partial charge in [0.25, 0.3) is 5.91 Å². The van der Waals surface area contributed by atoms with Crippen molar-refractivity contribution in [3.8, 4) is 0 Å². The molecule has 0 unspecified atom stereocenters. The average Bonchev–Trinajstić information content (AvgIpc) is 3.27. The van der Waals surface area contributed by atoms with E-state index in [4.69, 9.17) is 11.6 Å². The van der Waals surface area contributed by atoms with Gasteiger partial charge in [-0.1, -0.05) is 23.7 Å². The molecule has 0 saturated carbocycles. The van der Waals surface area contributed by atoms with Gasteiger partial charge >= 0.3 is 0 Å². The molecule has 2 aromatic carbocycles. The zero-order chi connectivity index (χ0) is 20.9. The van der Waals surface area contributed by atoms with Crippen molar-refractivity contribution in [1.82, 2.24) is 14.5 Å². The van der Waals surface area contributed by atoms with Crippen molar-refractivity contribution >= 4 is 29.1 Å². The Hall–Kier alpha value is -3.12. The van der Waals surface area contributed by atoms with Crippen LogP contribution in [0.3, 0.4) is 0 Å². The molecule has 0 aliphatic carbocycles. The molecule has 0 radical (unpaired) electrons. The molecule has 3 aromatic rings. The normalized spacial score (nSPS) is 14.5. The topological polar surface area (TPSA) is 67.2 Å². The summed E-state index contributed by atoms with van der Waals surface area (Å²) >= 11 is 5.89. The van der Waals surface area contributed by atoms with Crippen LogP contribution < -0.4 is 5.32 Å². The van der Waals surface area contributed by atoms with E-state index in [1.807, 2.05) is 35.0 Å². The minimum absolute atomic E-state index is 0.00775. The van der Waals surface area contributed by atoms with Crippen LogP contribution in [-0.4, -0.2) is 39.4 Å². The Kier molecular flexibility index (Phi) is 6.14. The predicted octanol–water partition coefficient (Wildman–Crippen LogP) is 4.08. The number of imidazole rings is 1. The zero-order valence-electron chi connectivity index (χ0n) is 16.5. The summed E-state index contributed by atoms with van der Waals surface area (Å²) in [6, 6.07) is 14.8. The number of hydrogen-bond acceptors (Lipinski definition) is 3. The van der Waals surface area contributed by atoms with Crippen LogP contribution in [0.4, 0.5) is 5.69 Å². The van der Waals surface area contributed by atoms with E-state index in [9.17, 15) is 9.59 Å². The van der Waals surface area contributed by atoms with Gasteiger partial charge in [-0.05, 0) is 54.8 Å². The molecule has 1 saturated heterocycles. The fourth-order valence-electron chi connectivity index (χ4n) is 3.70. The van der Waals surface area contributed by atoms with Crippen molar-refractivity contribution in [3.05, 3.63) is 83.4 Å². The van der Waals surface area contributed by atoms with Crippen molar-refractivity contribution in [2.45, 2.75) is 19.4 Å². The molecule has 0 bridgehead atoms. The standard InChI is InChI=1S/C23H23ClN4O2/c24-20-6-4-19(5-7-20)23(30)28-11-8-18(9-12-28)22(29)26-21-3-1-2-17(14-21)15-27-13-10-25-16-27/h1-7,10,13-14,16,18H,8-9,11-12,15H2,(H,26,29). The highest BCUT2D eigenvalue weighted by Gasteiger charge is 2.27. The molecule has 2 amide bonds. The van der Waals surface area contributed by atoms with Crippen molar-refractivity contribution in [2.24, 2.45) is 5.92 Å². The van der Waals surface area contributed by atoms with E-state index in [1.165, 1.54) is 0 Å². The fourth-order valence-corrected chi connectivity index (χ4v) is 3.83. The van der Waals surface area contributed by atoms with Crippen LogP contribution in [0.25, 0.3) is 0 Å². The number of likely N-dealkylation sites (tertiary alicyclic amines) is 1. The van der Waals surface area contributed by atoms with Crippen molar-refractivity contribution in [2.75, 3.05) is 18.4 Å². The first kappa shape index (κ1) is 20.2. The van der Waals surface area contributed by atoms with Gasteiger partial charge in [-0.15, -0.1) is 0 Å². The number of rotatable bonds is 5. The molecule has 1 fully saturated rings. The quantitative estimate of drug-likeness (QED) is 0.673. The highest BCUT2D eigenvalue weighted by molar-refractivity contribution is 6.30. The Labute approximate surface area is 180 Å². The summed E-state index contributed by atoms with van der Waals surface area (Å²) in [5.74, 6) is -0.109. The number of nitrogens with one attached hydrogen (secondary N) is 1. The molecule has 1 aliphatic heterocycles. The van der Waals surface area contributed by atoms with Crippen LogP contribution in [0.15, 0.2) is 67.3 Å². The summed E-state index contributed by atoms with van der Waals surface area (Å²) in [4.78, 5) is 31.2. The number of carbonyl (C=O) groups excluding carboxylic acids is 2. The van der Waals surface area contributed by atoms with E-state index in [0.29, 0.717) is 43.1 Å². The number of aromatic nitrogens is 2. The largest absolute Gasteiger partial charge is 0.339 e. The number of amides is 2. The lowest BCUT2D eigenvalue weighted by Crippen LogP contribution is -2.41.